The van der Waals surface area contributed by atoms with Crippen molar-refractivity contribution in [3.8, 4) is 0 Å². The lowest BCUT2D eigenvalue weighted by molar-refractivity contribution is 0.510. The molecule has 0 aliphatic heterocycles. The lowest BCUT2D eigenvalue weighted by atomic mass is 10.0. The maximum absolute atomic E-state index is 3.69. The van der Waals surface area contributed by atoms with Gasteiger partial charge in [0.2, 0.25) is 0 Å². The van der Waals surface area contributed by atoms with Gasteiger partial charge in [-0.25, -0.2) is 0 Å². The molecule has 0 unspecified atom stereocenters. The zero-order valence-corrected chi connectivity index (χ0v) is 33.6. The Labute approximate surface area is 301 Å². The maximum atomic E-state index is 3.69. The summed E-state index contributed by atoms with van der Waals surface area (Å²) in [5.74, 6) is 0. The molecule has 0 radical (unpaired) electrons. The molecule has 0 fully saturated rings. The van der Waals surface area contributed by atoms with Crippen LogP contribution in [0.15, 0.2) is 0 Å². The molecule has 0 bridgehead atoms. The average molecular weight is 662 g/mol. The van der Waals surface area contributed by atoms with Crippen molar-refractivity contribution >= 4 is 0 Å². The molecule has 0 aliphatic rings. The summed E-state index contributed by atoms with van der Waals surface area (Å²) in [6.07, 6.45) is 61.7. The molecule has 0 spiro atoms. The van der Waals surface area contributed by atoms with Crippen LogP contribution in [-0.2, 0) is 0 Å². The molecule has 0 amide bonds. The summed E-state index contributed by atoms with van der Waals surface area (Å²) >= 11 is 0. The van der Waals surface area contributed by atoms with Gasteiger partial charge in [-0.3, -0.25) is 0 Å². The number of nitrogens with one attached hydrogen (secondary N) is 1. The van der Waals surface area contributed by atoms with E-state index in [0.29, 0.717) is 0 Å². The molecule has 1 N–H and O–H groups in total. The highest BCUT2D eigenvalue weighted by molar-refractivity contribution is 4.55. The Morgan fingerprint density at radius 1 is 0.170 bits per heavy atom. The monoisotopic (exact) mass is 662 g/mol. The fourth-order valence-electron chi connectivity index (χ4n) is 7.49. The van der Waals surface area contributed by atoms with Gasteiger partial charge in [0.1, 0.15) is 0 Å². The van der Waals surface area contributed by atoms with Crippen LogP contribution in [0, 0.1) is 0 Å². The smallest absolute Gasteiger partial charge is 0.00489 e. The van der Waals surface area contributed by atoms with E-state index in [4.69, 9.17) is 0 Å². The fourth-order valence-corrected chi connectivity index (χ4v) is 7.49. The van der Waals surface area contributed by atoms with Gasteiger partial charge in [0.25, 0.3) is 0 Å². The zero-order chi connectivity index (χ0) is 33.8. The van der Waals surface area contributed by atoms with E-state index < -0.39 is 0 Å². The second-order valence-corrected chi connectivity index (χ2v) is 15.9. The highest BCUT2D eigenvalue weighted by Crippen LogP contribution is 2.17. The molecule has 0 atom stereocenters. The minimum Gasteiger partial charge on any atom is -0.317 e. The first-order chi connectivity index (χ1) is 23.4. The van der Waals surface area contributed by atoms with Gasteiger partial charge in [0.15, 0.2) is 0 Å². The van der Waals surface area contributed by atoms with Gasteiger partial charge in [-0.2, -0.15) is 0 Å². The Morgan fingerprint density at radius 3 is 0.447 bits per heavy atom. The van der Waals surface area contributed by atoms with Crippen LogP contribution in [0.1, 0.15) is 284 Å². The highest BCUT2D eigenvalue weighted by atomic mass is 14.8. The Morgan fingerprint density at radius 2 is 0.298 bits per heavy atom. The van der Waals surface area contributed by atoms with Crippen molar-refractivity contribution in [2.45, 2.75) is 284 Å². The van der Waals surface area contributed by atoms with E-state index in [1.54, 1.807) is 0 Å². The third-order valence-corrected chi connectivity index (χ3v) is 10.9. The second kappa shape index (κ2) is 46.0. The van der Waals surface area contributed by atoms with Gasteiger partial charge in [-0.1, -0.05) is 271 Å². The summed E-state index contributed by atoms with van der Waals surface area (Å²) in [6, 6.07) is 0. The second-order valence-electron chi connectivity index (χ2n) is 15.9. The van der Waals surface area contributed by atoms with Crippen LogP contribution in [0.3, 0.4) is 0 Å². The molecule has 0 aromatic rings. The minimum atomic E-state index is 1.25. The largest absolute Gasteiger partial charge is 0.317 e. The third-order valence-electron chi connectivity index (χ3n) is 10.9. The van der Waals surface area contributed by atoms with E-state index in [0.717, 1.165) is 0 Å². The first-order valence-electron chi connectivity index (χ1n) is 23.1. The molecule has 284 valence electrons. The molecule has 0 aromatic heterocycles. The van der Waals surface area contributed by atoms with Gasteiger partial charge >= 0.3 is 0 Å². The molecule has 0 heterocycles. The lowest BCUT2D eigenvalue weighted by Crippen LogP contribution is -2.16. The quantitative estimate of drug-likeness (QED) is 0.0641. The Hall–Kier alpha value is -0.0400. The van der Waals surface area contributed by atoms with E-state index in [1.807, 2.05) is 0 Å². The molecule has 0 saturated heterocycles. The SMILES string of the molecule is CCCCCCCCCCCCCCCCCCCCCCCCCCCCCCCCNCCCCCCCCCCCCCC. The molecular formula is C46H95N. The van der Waals surface area contributed by atoms with Crippen molar-refractivity contribution in [1.29, 1.82) is 0 Å². The number of hydrogen-bond acceptors (Lipinski definition) is 1. The Bertz CT molecular complexity index is 457. The van der Waals surface area contributed by atoms with Crippen LogP contribution in [0.5, 0.6) is 0 Å². The van der Waals surface area contributed by atoms with Crippen LogP contribution in [0.25, 0.3) is 0 Å². The summed E-state index contributed by atoms with van der Waals surface area (Å²) < 4.78 is 0. The zero-order valence-electron chi connectivity index (χ0n) is 33.6. The standard InChI is InChI=1S/C46H95N/c1-3-5-7-9-11-13-15-17-18-19-20-21-22-23-24-25-26-27-28-29-30-31-32-33-34-36-38-40-42-44-46-47-45-43-41-39-37-35-16-14-12-10-8-6-4-2/h47H,3-46H2,1-2H3. The van der Waals surface area contributed by atoms with Gasteiger partial charge in [0, 0.05) is 0 Å². The highest BCUT2D eigenvalue weighted by Gasteiger charge is 1.98. The molecule has 0 saturated carbocycles. The van der Waals surface area contributed by atoms with Gasteiger partial charge in [0.05, 0.1) is 0 Å². The first-order valence-corrected chi connectivity index (χ1v) is 23.1. The van der Waals surface area contributed by atoms with E-state index in [2.05, 4.69) is 19.2 Å². The average Bonchev–Trinajstić information content (AvgIpc) is 3.08. The first kappa shape index (κ1) is 47.0. The topological polar surface area (TPSA) is 12.0 Å². The van der Waals surface area contributed by atoms with Crippen molar-refractivity contribution in [2.75, 3.05) is 13.1 Å². The van der Waals surface area contributed by atoms with E-state index in [-0.39, 0.29) is 0 Å². The molecule has 0 rings (SSSR count). The number of unbranched alkanes of at least 4 members (excludes halogenated alkanes) is 40. The van der Waals surface area contributed by atoms with Crippen molar-refractivity contribution in [2.24, 2.45) is 0 Å². The van der Waals surface area contributed by atoms with Crippen LogP contribution in [0.2, 0.25) is 0 Å². The van der Waals surface area contributed by atoms with Crippen LogP contribution in [0.4, 0.5) is 0 Å². The van der Waals surface area contributed by atoms with E-state index in [9.17, 15) is 0 Å². The lowest BCUT2D eigenvalue weighted by Gasteiger charge is -2.06. The fraction of sp³-hybridized carbons (Fsp3) is 1.00. The van der Waals surface area contributed by atoms with Crippen molar-refractivity contribution in [1.82, 2.24) is 5.32 Å². The molecular weight excluding hydrogens is 567 g/mol. The minimum absolute atomic E-state index is 1.25. The predicted octanol–water partition coefficient (Wildman–Crippen LogP) is 17.0. The Kier molecular flexibility index (Phi) is 45.9. The molecule has 1 heteroatoms. The molecule has 47 heavy (non-hydrogen) atoms. The van der Waals surface area contributed by atoms with Crippen LogP contribution >= 0.6 is 0 Å². The van der Waals surface area contributed by atoms with Gasteiger partial charge in [-0.05, 0) is 25.9 Å². The van der Waals surface area contributed by atoms with Crippen LogP contribution in [-0.4, -0.2) is 13.1 Å². The number of rotatable bonds is 44. The molecule has 0 aliphatic carbocycles. The maximum Gasteiger partial charge on any atom is -0.00489 e. The van der Waals surface area contributed by atoms with E-state index >= 15 is 0 Å². The summed E-state index contributed by atoms with van der Waals surface area (Å²) in [7, 11) is 0. The summed E-state index contributed by atoms with van der Waals surface area (Å²) in [5, 5.41) is 3.69. The van der Waals surface area contributed by atoms with Crippen molar-refractivity contribution in [3.63, 3.8) is 0 Å². The summed E-state index contributed by atoms with van der Waals surface area (Å²) in [4.78, 5) is 0. The van der Waals surface area contributed by atoms with Crippen molar-refractivity contribution < 1.29 is 0 Å². The summed E-state index contributed by atoms with van der Waals surface area (Å²) in [6.45, 7) is 7.11. The Balaban J connectivity index is 3.03. The number of hydrogen-bond donors (Lipinski definition) is 1. The molecule has 0 aromatic carbocycles. The molecule has 1 nitrogen and oxygen atoms in total. The van der Waals surface area contributed by atoms with Gasteiger partial charge in [-0.15, -0.1) is 0 Å². The third kappa shape index (κ3) is 46.0. The van der Waals surface area contributed by atoms with Gasteiger partial charge < -0.3 is 5.32 Å². The normalized spacial score (nSPS) is 11.6. The van der Waals surface area contributed by atoms with Crippen molar-refractivity contribution in [3.05, 3.63) is 0 Å². The predicted molar refractivity (Wildman–Crippen MR) is 218 cm³/mol. The summed E-state index contributed by atoms with van der Waals surface area (Å²) in [5.41, 5.74) is 0. The van der Waals surface area contributed by atoms with E-state index in [1.165, 1.54) is 283 Å². The van der Waals surface area contributed by atoms with Crippen LogP contribution < -0.4 is 5.32 Å².